The maximum atomic E-state index is 5.37. The lowest BCUT2D eigenvalue weighted by molar-refractivity contribution is 0.0377. The predicted octanol–water partition coefficient (Wildman–Crippen LogP) is 2.64. The molecule has 1 saturated heterocycles. The minimum atomic E-state index is 0. The van der Waals surface area contributed by atoms with E-state index in [2.05, 4.69) is 53.6 Å². The van der Waals surface area contributed by atoms with E-state index < -0.39 is 0 Å². The number of nitrogens with one attached hydrogen (secondary N) is 2. The third-order valence-corrected chi connectivity index (χ3v) is 4.00. The van der Waals surface area contributed by atoms with E-state index in [-0.39, 0.29) is 30.0 Å². The molecule has 5 nitrogen and oxygen atoms in total. The summed E-state index contributed by atoms with van der Waals surface area (Å²) in [5.74, 6) is 0.894. The van der Waals surface area contributed by atoms with Gasteiger partial charge in [0.2, 0.25) is 0 Å². The highest BCUT2D eigenvalue weighted by molar-refractivity contribution is 14.0. The molecule has 0 radical (unpaired) electrons. The minimum absolute atomic E-state index is 0. The molecule has 1 aromatic rings. The van der Waals surface area contributed by atoms with E-state index in [0.29, 0.717) is 0 Å². The zero-order chi connectivity index (χ0) is 16.3. The second-order valence-electron chi connectivity index (χ2n) is 5.84. The summed E-state index contributed by atoms with van der Waals surface area (Å²) in [5.41, 5.74) is 1.27. The molecule has 1 atom stereocenters. The van der Waals surface area contributed by atoms with Crippen molar-refractivity contribution in [3.05, 3.63) is 35.9 Å². The van der Waals surface area contributed by atoms with Gasteiger partial charge in [0.05, 0.1) is 19.3 Å². The Bertz CT molecular complexity index is 463. The van der Waals surface area contributed by atoms with Gasteiger partial charge >= 0.3 is 0 Å². The van der Waals surface area contributed by atoms with Gasteiger partial charge < -0.3 is 15.4 Å². The molecular weight excluding hydrogens is 415 g/mol. The van der Waals surface area contributed by atoms with Crippen LogP contribution in [0.5, 0.6) is 0 Å². The van der Waals surface area contributed by atoms with Crippen LogP contribution < -0.4 is 10.6 Å². The molecule has 1 fully saturated rings. The van der Waals surface area contributed by atoms with Crippen LogP contribution in [0, 0.1) is 0 Å². The highest BCUT2D eigenvalue weighted by Crippen LogP contribution is 2.10. The first kappa shape index (κ1) is 21.2. The molecule has 136 valence electrons. The van der Waals surface area contributed by atoms with Crippen LogP contribution >= 0.6 is 24.0 Å². The first-order valence-electron chi connectivity index (χ1n) is 8.69. The van der Waals surface area contributed by atoms with Gasteiger partial charge in [-0.3, -0.25) is 9.89 Å². The van der Waals surface area contributed by atoms with Crippen LogP contribution in [0.3, 0.4) is 0 Å². The van der Waals surface area contributed by atoms with Gasteiger partial charge in [-0.2, -0.15) is 0 Å². The second-order valence-corrected chi connectivity index (χ2v) is 5.84. The van der Waals surface area contributed by atoms with Gasteiger partial charge in [0.1, 0.15) is 0 Å². The summed E-state index contributed by atoms with van der Waals surface area (Å²) in [5, 5.41) is 6.80. The average Bonchev–Trinajstić information content (AvgIpc) is 2.60. The Kier molecular flexibility index (Phi) is 11.0. The van der Waals surface area contributed by atoms with Gasteiger partial charge in [0.25, 0.3) is 0 Å². The summed E-state index contributed by atoms with van der Waals surface area (Å²) >= 11 is 0. The van der Waals surface area contributed by atoms with E-state index >= 15 is 0 Å². The van der Waals surface area contributed by atoms with Crippen molar-refractivity contribution < 1.29 is 4.74 Å². The van der Waals surface area contributed by atoms with Crippen LogP contribution in [0.25, 0.3) is 0 Å². The Balaban J connectivity index is 0.00000288. The number of rotatable bonds is 7. The van der Waals surface area contributed by atoms with Crippen molar-refractivity contribution in [2.45, 2.75) is 26.3 Å². The Morgan fingerprint density at radius 3 is 2.62 bits per heavy atom. The number of guanidine groups is 1. The molecule has 6 heteroatoms. The molecule has 1 aliphatic heterocycles. The number of hydrogen-bond donors (Lipinski definition) is 2. The summed E-state index contributed by atoms with van der Waals surface area (Å²) in [4.78, 5) is 7.15. The first-order valence-corrected chi connectivity index (χ1v) is 8.69. The third-order valence-electron chi connectivity index (χ3n) is 4.00. The molecule has 1 unspecified atom stereocenters. The topological polar surface area (TPSA) is 48.9 Å². The number of hydrogen-bond acceptors (Lipinski definition) is 3. The van der Waals surface area contributed by atoms with Crippen molar-refractivity contribution in [1.82, 2.24) is 15.5 Å². The lowest BCUT2D eigenvalue weighted by Crippen LogP contribution is -2.39. The number of benzene rings is 1. The summed E-state index contributed by atoms with van der Waals surface area (Å²) in [6.45, 7) is 10.9. The van der Waals surface area contributed by atoms with Crippen LogP contribution in [-0.2, 0) is 4.74 Å². The maximum absolute atomic E-state index is 5.37. The minimum Gasteiger partial charge on any atom is -0.379 e. The molecule has 1 aromatic carbocycles. The molecule has 0 amide bonds. The fourth-order valence-electron chi connectivity index (χ4n) is 2.66. The highest BCUT2D eigenvalue weighted by atomic mass is 127. The number of nitrogens with zero attached hydrogens (tertiary/aromatic N) is 2. The van der Waals surface area contributed by atoms with Crippen LogP contribution in [0.2, 0.25) is 0 Å². The molecule has 0 aliphatic carbocycles. The molecule has 0 spiro atoms. The summed E-state index contributed by atoms with van der Waals surface area (Å²) in [7, 11) is 0. The molecule has 0 saturated carbocycles. The Labute approximate surface area is 163 Å². The third kappa shape index (κ3) is 7.81. The van der Waals surface area contributed by atoms with Gasteiger partial charge in [-0.1, -0.05) is 30.3 Å². The van der Waals surface area contributed by atoms with Gasteiger partial charge in [0, 0.05) is 32.7 Å². The summed E-state index contributed by atoms with van der Waals surface area (Å²) in [6, 6.07) is 10.7. The van der Waals surface area contributed by atoms with Crippen molar-refractivity contribution in [1.29, 1.82) is 0 Å². The summed E-state index contributed by atoms with van der Waals surface area (Å²) < 4.78 is 5.37. The van der Waals surface area contributed by atoms with Gasteiger partial charge in [-0.25, -0.2) is 0 Å². The number of aliphatic imine (C=N–C) groups is 1. The molecule has 0 bridgehead atoms. The lowest BCUT2D eigenvalue weighted by atomic mass is 10.1. The van der Waals surface area contributed by atoms with Crippen molar-refractivity contribution in [2.24, 2.45) is 4.99 Å². The Morgan fingerprint density at radius 2 is 1.96 bits per heavy atom. The van der Waals surface area contributed by atoms with Crippen LogP contribution in [0.4, 0.5) is 0 Å². The molecule has 0 aromatic heterocycles. The average molecular weight is 446 g/mol. The number of halogens is 1. The van der Waals surface area contributed by atoms with Crippen LogP contribution in [0.1, 0.15) is 31.9 Å². The van der Waals surface area contributed by atoms with E-state index in [1.165, 1.54) is 5.56 Å². The zero-order valence-corrected chi connectivity index (χ0v) is 17.2. The zero-order valence-electron chi connectivity index (χ0n) is 14.8. The predicted molar refractivity (Wildman–Crippen MR) is 111 cm³/mol. The van der Waals surface area contributed by atoms with Gasteiger partial charge in [0.15, 0.2) is 5.96 Å². The van der Waals surface area contributed by atoms with E-state index in [4.69, 9.17) is 9.73 Å². The van der Waals surface area contributed by atoms with E-state index in [9.17, 15) is 0 Å². The van der Waals surface area contributed by atoms with E-state index in [1.54, 1.807) is 0 Å². The normalized spacial score (nSPS) is 17.0. The smallest absolute Gasteiger partial charge is 0.191 e. The number of morpholine rings is 1. The number of ether oxygens (including phenoxy) is 1. The molecular formula is C18H31IN4O. The van der Waals surface area contributed by atoms with E-state index in [0.717, 1.165) is 58.3 Å². The van der Waals surface area contributed by atoms with Crippen molar-refractivity contribution in [3.8, 4) is 0 Å². The van der Waals surface area contributed by atoms with Gasteiger partial charge in [-0.05, 0) is 25.8 Å². The molecule has 1 aliphatic rings. The quantitative estimate of drug-likeness (QED) is 0.293. The molecule has 1 heterocycles. The van der Waals surface area contributed by atoms with Crippen LogP contribution in [0.15, 0.2) is 35.3 Å². The van der Waals surface area contributed by atoms with Crippen molar-refractivity contribution >= 4 is 29.9 Å². The highest BCUT2D eigenvalue weighted by Gasteiger charge is 2.10. The van der Waals surface area contributed by atoms with Gasteiger partial charge in [-0.15, -0.1) is 24.0 Å². The summed E-state index contributed by atoms with van der Waals surface area (Å²) in [6.07, 6.45) is 1.08. The fourth-order valence-corrected chi connectivity index (χ4v) is 2.66. The SMILES string of the molecule is CCNC(=NCCCN1CCOCC1)NC(C)c1ccccc1.I. The van der Waals surface area contributed by atoms with Crippen molar-refractivity contribution in [2.75, 3.05) is 45.9 Å². The largest absolute Gasteiger partial charge is 0.379 e. The monoisotopic (exact) mass is 446 g/mol. The standard InChI is InChI=1S/C18H30N4O.HI/c1-3-19-18(21-16(2)17-8-5-4-6-9-17)20-10-7-11-22-12-14-23-15-13-22;/h4-6,8-9,16H,3,7,10-15H2,1-2H3,(H2,19,20,21);1H. The second kappa shape index (κ2) is 12.5. The molecule has 24 heavy (non-hydrogen) atoms. The van der Waals surface area contributed by atoms with Crippen LogP contribution in [-0.4, -0.2) is 56.8 Å². The molecule has 2 N–H and O–H groups in total. The lowest BCUT2D eigenvalue weighted by Gasteiger charge is -2.26. The first-order chi connectivity index (χ1) is 11.3. The Morgan fingerprint density at radius 1 is 1.25 bits per heavy atom. The fraction of sp³-hybridized carbons (Fsp3) is 0.611. The maximum Gasteiger partial charge on any atom is 0.191 e. The van der Waals surface area contributed by atoms with E-state index in [1.807, 2.05) is 6.07 Å². The Hall–Kier alpha value is -0.860. The van der Waals surface area contributed by atoms with Crippen molar-refractivity contribution in [3.63, 3.8) is 0 Å². The molecule has 2 rings (SSSR count).